The summed E-state index contributed by atoms with van der Waals surface area (Å²) in [5, 5.41) is 3.37. The molecule has 2 atom stereocenters. The number of hydrogen-bond acceptors (Lipinski definition) is 2. The molecule has 1 rings (SSSR count). The van der Waals surface area contributed by atoms with Crippen LogP contribution in [0.15, 0.2) is 0 Å². The highest BCUT2D eigenvalue weighted by Crippen LogP contribution is 2.06. The van der Waals surface area contributed by atoms with Crippen molar-refractivity contribution in [2.45, 2.75) is 26.4 Å². The molecule has 0 aromatic heterocycles. The topological polar surface area (TPSA) is 24.6 Å². The Hall–Kier alpha value is -0.0800. The standard InChI is InChI=1S/C8H17NO/c1-3-7(2)4-9-5-8-6-10-8/h7-9H,3-6H2,1-2H3. The van der Waals surface area contributed by atoms with Gasteiger partial charge in [0.1, 0.15) is 0 Å². The second-order valence-electron chi connectivity index (χ2n) is 3.13. The van der Waals surface area contributed by atoms with Crippen molar-refractivity contribution in [1.29, 1.82) is 0 Å². The summed E-state index contributed by atoms with van der Waals surface area (Å²) >= 11 is 0. The summed E-state index contributed by atoms with van der Waals surface area (Å²) in [5.41, 5.74) is 0. The van der Waals surface area contributed by atoms with Crippen molar-refractivity contribution in [3.05, 3.63) is 0 Å². The lowest BCUT2D eigenvalue weighted by Crippen LogP contribution is -2.24. The van der Waals surface area contributed by atoms with Gasteiger partial charge in [0.2, 0.25) is 0 Å². The van der Waals surface area contributed by atoms with Gasteiger partial charge in [-0.2, -0.15) is 0 Å². The quantitative estimate of drug-likeness (QED) is 0.581. The Labute approximate surface area is 63.0 Å². The van der Waals surface area contributed by atoms with E-state index in [-0.39, 0.29) is 0 Å². The molecule has 0 bridgehead atoms. The van der Waals surface area contributed by atoms with E-state index in [0.717, 1.165) is 25.6 Å². The zero-order valence-corrected chi connectivity index (χ0v) is 6.89. The van der Waals surface area contributed by atoms with E-state index in [0.29, 0.717) is 6.10 Å². The van der Waals surface area contributed by atoms with Crippen LogP contribution >= 0.6 is 0 Å². The van der Waals surface area contributed by atoms with E-state index in [1.165, 1.54) is 6.42 Å². The predicted octanol–water partition coefficient (Wildman–Crippen LogP) is 1.02. The Balaban J connectivity index is 1.83. The molecule has 2 heteroatoms. The summed E-state index contributed by atoms with van der Waals surface area (Å²) in [5.74, 6) is 0.804. The molecule has 0 spiro atoms. The summed E-state index contributed by atoms with van der Waals surface area (Å²) in [7, 11) is 0. The van der Waals surface area contributed by atoms with Gasteiger partial charge in [-0.3, -0.25) is 0 Å². The highest BCUT2D eigenvalue weighted by molar-refractivity contribution is 4.71. The van der Waals surface area contributed by atoms with E-state index in [1.807, 2.05) is 0 Å². The lowest BCUT2D eigenvalue weighted by molar-refractivity contribution is 0.387. The average molecular weight is 143 g/mol. The Kier molecular flexibility index (Phi) is 3.16. The third-order valence-electron chi connectivity index (χ3n) is 1.96. The zero-order chi connectivity index (χ0) is 7.40. The van der Waals surface area contributed by atoms with Crippen LogP contribution in [0.1, 0.15) is 20.3 Å². The van der Waals surface area contributed by atoms with E-state index < -0.39 is 0 Å². The molecule has 1 fully saturated rings. The molecule has 0 aromatic rings. The first-order valence-corrected chi connectivity index (χ1v) is 4.15. The van der Waals surface area contributed by atoms with Crippen molar-refractivity contribution < 1.29 is 4.74 Å². The monoisotopic (exact) mass is 143 g/mol. The molecule has 2 nitrogen and oxygen atoms in total. The highest BCUT2D eigenvalue weighted by atomic mass is 16.6. The Bertz CT molecular complexity index is 91.3. The second kappa shape index (κ2) is 3.94. The van der Waals surface area contributed by atoms with Crippen molar-refractivity contribution in [3.8, 4) is 0 Å². The molecular weight excluding hydrogens is 126 g/mol. The lowest BCUT2D eigenvalue weighted by Gasteiger charge is -2.07. The van der Waals surface area contributed by atoms with Crippen molar-refractivity contribution >= 4 is 0 Å². The summed E-state index contributed by atoms with van der Waals surface area (Å²) in [6.45, 7) is 7.63. The van der Waals surface area contributed by atoms with Crippen LogP contribution < -0.4 is 5.32 Å². The minimum atomic E-state index is 0.532. The number of rotatable bonds is 5. The van der Waals surface area contributed by atoms with Crippen molar-refractivity contribution in [2.24, 2.45) is 5.92 Å². The fourth-order valence-electron chi connectivity index (χ4n) is 0.821. The number of ether oxygens (including phenoxy) is 1. The van der Waals surface area contributed by atoms with Crippen LogP contribution in [0.2, 0.25) is 0 Å². The van der Waals surface area contributed by atoms with Crippen LogP contribution in [0.5, 0.6) is 0 Å². The van der Waals surface area contributed by atoms with Gasteiger partial charge in [0.15, 0.2) is 0 Å². The molecule has 1 N–H and O–H groups in total. The first-order valence-electron chi connectivity index (χ1n) is 4.15. The smallest absolute Gasteiger partial charge is 0.0933 e. The number of epoxide rings is 1. The van der Waals surface area contributed by atoms with Crippen LogP contribution in [-0.2, 0) is 4.74 Å². The van der Waals surface area contributed by atoms with Gasteiger partial charge < -0.3 is 10.1 Å². The van der Waals surface area contributed by atoms with Crippen LogP contribution in [0.3, 0.4) is 0 Å². The maximum Gasteiger partial charge on any atom is 0.0933 e. The van der Waals surface area contributed by atoms with Gasteiger partial charge in [-0.05, 0) is 12.5 Å². The van der Waals surface area contributed by atoms with E-state index in [9.17, 15) is 0 Å². The molecular formula is C8H17NO. The average Bonchev–Trinajstić information content (AvgIpc) is 2.71. The molecule has 0 saturated carbocycles. The number of hydrogen-bond donors (Lipinski definition) is 1. The van der Waals surface area contributed by atoms with Gasteiger partial charge in [0.05, 0.1) is 12.7 Å². The fraction of sp³-hybridized carbons (Fsp3) is 1.00. The van der Waals surface area contributed by atoms with Gasteiger partial charge >= 0.3 is 0 Å². The Morgan fingerprint density at radius 2 is 2.40 bits per heavy atom. The van der Waals surface area contributed by atoms with Crippen molar-refractivity contribution in [1.82, 2.24) is 5.32 Å². The SMILES string of the molecule is CCC(C)CNCC1CO1. The fourth-order valence-corrected chi connectivity index (χ4v) is 0.821. The third kappa shape index (κ3) is 3.18. The summed E-state index contributed by atoms with van der Waals surface area (Å²) in [6, 6.07) is 0. The molecule has 1 heterocycles. The van der Waals surface area contributed by atoms with Crippen LogP contribution in [0, 0.1) is 5.92 Å². The van der Waals surface area contributed by atoms with E-state index in [2.05, 4.69) is 19.2 Å². The van der Waals surface area contributed by atoms with Gasteiger partial charge in [0, 0.05) is 6.54 Å². The van der Waals surface area contributed by atoms with E-state index in [4.69, 9.17) is 4.74 Å². The molecule has 0 aliphatic carbocycles. The summed E-state index contributed by atoms with van der Waals surface area (Å²) < 4.78 is 5.06. The van der Waals surface area contributed by atoms with Gasteiger partial charge in [-0.25, -0.2) is 0 Å². The second-order valence-corrected chi connectivity index (χ2v) is 3.13. The molecule has 1 aliphatic heterocycles. The number of nitrogens with one attached hydrogen (secondary N) is 1. The summed E-state index contributed by atoms with van der Waals surface area (Å²) in [6.07, 6.45) is 1.79. The molecule has 1 aliphatic rings. The highest BCUT2D eigenvalue weighted by Gasteiger charge is 2.21. The molecule has 0 amide bonds. The Morgan fingerprint density at radius 3 is 2.90 bits per heavy atom. The Morgan fingerprint density at radius 1 is 1.70 bits per heavy atom. The lowest BCUT2D eigenvalue weighted by atomic mass is 10.1. The van der Waals surface area contributed by atoms with Crippen LogP contribution in [0.25, 0.3) is 0 Å². The third-order valence-corrected chi connectivity index (χ3v) is 1.96. The van der Waals surface area contributed by atoms with Crippen molar-refractivity contribution in [2.75, 3.05) is 19.7 Å². The first kappa shape index (κ1) is 8.02. The minimum absolute atomic E-state index is 0.532. The van der Waals surface area contributed by atoms with E-state index in [1.54, 1.807) is 0 Å². The molecule has 10 heavy (non-hydrogen) atoms. The molecule has 0 aromatic carbocycles. The molecule has 1 saturated heterocycles. The maximum atomic E-state index is 5.06. The van der Waals surface area contributed by atoms with Crippen molar-refractivity contribution in [3.63, 3.8) is 0 Å². The normalized spacial score (nSPS) is 26.4. The predicted molar refractivity (Wildman–Crippen MR) is 42.1 cm³/mol. The van der Waals surface area contributed by atoms with Gasteiger partial charge in [0.25, 0.3) is 0 Å². The molecule has 2 unspecified atom stereocenters. The largest absolute Gasteiger partial charge is 0.372 e. The molecule has 0 radical (unpaired) electrons. The van der Waals surface area contributed by atoms with Crippen LogP contribution in [0.4, 0.5) is 0 Å². The van der Waals surface area contributed by atoms with Gasteiger partial charge in [-0.1, -0.05) is 20.3 Å². The minimum Gasteiger partial charge on any atom is -0.372 e. The first-order chi connectivity index (χ1) is 4.83. The van der Waals surface area contributed by atoms with E-state index >= 15 is 0 Å². The van der Waals surface area contributed by atoms with Gasteiger partial charge in [-0.15, -0.1) is 0 Å². The zero-order valence-electron chi connectivity index (χ0n) is 6.89. The molecule has 60 valence electrons. The summed E-state index contributed by atoms with van der Waals surface area (Å²) in [4.78, 5) is 0. The van der Waals surface area contributed by atoms with Crippen LogP contribution in [-0.4, -0.2) is 25.8 Å². The maximum absolute atomic E-state index is 5.06.